The highest BCUT2D eigenvalue weighted by atomic mass is 79.9. The summed E-state index contributed by atoms with van der Waals surface area (Å²) in [6, 6.07) is 8.94. The lowest BCUT2D eigenvalue weighted by atomic mass is 10.2. The molecule has 0 fully saturated rings. The van der Waals surface area contributed by atoms with Gasteiger partial charge >= 0.3 is 5.69 Å². The second-order valence-electron chi connectivity index (χ2n) is 3.98. The summed E-state index contributed by atoms with van der Waals surface area (Å²) < 4.78 is 6.99. The molecule has 0 saturated carbocycles. The van der Waals surface area contributed by atoms with Gasteiger partial charge in [-0.25, -0.2) is 0 Å². The number of nitro benzene ring substituents is 1. The molecule has 6 nitrogen and oxygen atoms in total. The smallest absolute Gasteiger partial charge is 0.312 e. The van der Waals surface area contributed by atoms with Gasteiger partial charge in [-0.15, -0.1) is 0 Å². The Hall–Kier alpha value is -1.93. The van der Waals surface area contributed by atoms with Gasteiger partial charge in [0.15, 0.2) is 0 Å². The van der Waals surface area contributed by atoms with Gasteiger partial charge in [0.05, 0.1) is 9.40 Å². The molecule has 0 bridgehead atoms. The van der Waals surface area contributed by atoms with E-state index in [1.54, 1.807) is 18.2 Å². The van der Waals surface area contributed by atoms with Crippen molar-refractivity contribution < 1.29 is 14.5 Å². The zero-order chi connectivity index (χ0) is 15.6. The molecule has 21 heavy (non-hydrogen) atoms. The number of ether oxygens (including phenoxy) is 1. The van der Waals surface area contributed by atoms with Crippen LogP contribution in [-0.2, 0) is 0 Å². The number of rotatable bonds is 4. The first-order chi connectivity index (χ1) is 9.88. The molecule has 0 radical (unpaired) electrons. The number of nitrogens with two attached hydrogens (primary N) is 1. The quantitative estimate of drug-likeness (QED) is 0.602. The summed E-state index contributed by atoms with van der Waals surface area (Å²) in [6.07, 6.45) is 0. The molecule has 1 amide bonds. The highest BCUT2D eigenvalue weighted by Crippen LogP contribution is 2.36. The Bertz CT molecular complexity index is 734. The zero-order valence-electron chi connectivity index (χ0n) is 10.4. The van der Waals surface area contributed by atoms with Crippen LogP contribution < -0.4 is 10.5 Å². The van der Waals surface area contributed by atoms with Gasteiger partial charge in [-0.2, -0.15) is 0 Å². The number of amides is 1. The van der Waals surface area contributed by atoms with Crippen LogP contribution in [0.2, 0.25) is 0 Å². The third kappa shape index (κ3) is 3.59. The number of benzene rings is 2. The molecule has 108 valence electrons. The predicted molar refractivity (Wildman–Crippen MR) is 83.5 cm³/mol. The van der Waals surface area contributed by atoms with Crippen LogP contribution in [0.15, 0.2) is 45.3 Å². The molecule has 0 aliphatic carbocycles. The first-order valence-electron chi connectivity index (χ1n) is 5.59. The van der Waals surface area contributed by atoms with E-state index >= 15 is 0 Å². The molecule has 0 aliphatic rings. The molecule has 0 aromatic heterocycles. The van der Waals surface area contributed by atoms with E-state index in [4.69, 9.17) is 10.5 Å². The van der Waals surface area contributed by atoms with E-state index in [0.717, 1.165) is 10.5 Å². The Morgan fingerprint density at radius 1 is 1.14 bits per heavy atom. The Morgan fingerprint density at radius 2 is 1.81 bits per heavy atom. The fraction of sp³-hybridized carbons (Fsp3) is 0. The van der Waals surface area contributed by atoms with E-state index in [2.05, 4.69) is 31.9 Å². The van der Waals surface area contributed by atoms with Gasteiger partial charge < -0.3 is 10.5 Å². The molecule has 0 unspecified atom stereocenters. The molecule has 0 spiro atoms. The number of nitrogens with zero attached hydrogens (tertiary/aromatic N) is 1. The summed E-state index contributed by atoms with van der Waals surface area (Å²) >= 11 is 6.60. The van der Waals surface area contributed by atoms with Crippen molar-refractivity contribution in [1.82, 2.24) is 0 Å². The lowest BCUT2D eigenvalue weighted by Crippen LogP contribution is -2.11. The van der Waals surface area contributed by atoms with Crippen LogP contribution in [0.4, 0.5) is 5.69 Å². The van der Waals surface area contributed by atoms with Crippen molar-refractivity contribution in [2.45, 2.75) is 0 Å². The molecule has 0 heterocycles. The SMILES string of the molecule is NC(=O)c1ccc(Oc2ccc(Br)cc2Br)c([N+](=O)[O-])c1. The highest BCUT2D eigenvalue weighted by molar-refractivity contribution is 9.11. The fourth-order valence-electron chi connectivity index (χ4n) is 1.58. The first-order valence-corrected chi connectivity index (χ1v) is 7.18. The van der Waals surface area contributed by atoms with Crippen molar-refractivity contribution in [3.8, 4) is 11.5 Å². The number of hydrogen-bond donors (Lipinski definition) is 1. The van der Waals surface area contributed by atoms with Crippen molar-refractivity contribution in [2.24, 2.45) is 5.73 Å². The van der Waals surface area contributed by atoms with Crippen molar-refractivity contribution >= 4 is 43.5 Å². The minimum Gasteiger partial charge on any atom is -0.449 e. The number of carbonyl (C=O) groups is 1. The Kier molecular flexibility index (Phi) is 4.59. The van der Waals surface area contributed by atoms with Crippen molar-refractivity contribution in [3.05, 3.63) is 61.0 Å². The molecule has 2 aromatic carbocycles. The van der Waals surface area contributed by atoms with E-state index in [-0.39, 0.29) is 17.0 Å². The van der Waals surface area contributed by atoms with Crippen LogP contribution in [0.25, 0.3) is 0 Å². The second kappa shape index (κ2) is 6.23. The average molecular weight is 416 g/mol. The van der Waals surface area contributed by atoms with Gasteiger partial charge in [0.1, 0.15) is 5.75 Å². The second-order valence-corrected chi connectivity index (χ2v) is 5.75. The predicted octanol–water partition coefficient (Wildman–Crippen LogP) is 4.01. The number of nitro groups is 1. The Balaban J connectivity index is 2.44. The Morgan fingerprint density at radius 3 is 2.38 bits per heavy atom. The van der Waals surface area contributed by atoms with Gasteiger partial charge in [-0.05, 0) is 46.3 Å². The minimum atomic E-state index is -0.741. The van der Waals surface area contributed by atoms with Gasteiger partial charge in [0, 0.05) is 16.1 Å². The highest BCUT2D eigenvalue weighted by Gasteiger charge is 2.19. The van der Waals surface area contributed by atoms with Crippen LogP contribution in [0.5, 0.6) is 11.5 Å². The molecule has 2 aromatic rings. The van der Waals surface area contributed by atoms with E-state index < -0.39 is 10.8 Å². The summed E-state index contributed by atoms with van der Waals surface area (Å²) in [4.78, 5) is 21.5. The number of primary amides is 1. The standard InChI is InChI=1S/C13H8Br2N2O4/c14-8-2-4-11(9(15)6-8)21-12-3-1-7(13(16)18)5-10(12)17(19)20/h1-6H,(H2,16,18). The number of carbonyl (C=O) groups excluding carboxylic acids is 1. The number of halogens is 2. The molecular weight excluding hydrogens is 408 g/mol. The summed E-state index contributed by atoms with van der Waals surface area (Å²) in [5, 5.41) is 11.1. The van der Waals surface area contributed by atoms with Crippen LogP contribution >= 0.6 is 31.9 Å². The van der Waals surface area contributed by atoms with Crippen LogP contribution in [0.3, 0.4) is 0 Å². The maximum atomic E-state index is 11.1. The van der Waals surface area contributed by atoms with Crippen molar-refractivity contribution in [1.29, 1.82) is 0 Å². The van der Waals surface area contributed by atoms with Crippen LogP contribution in [0.1, 0.15) is 10.4 Å². The van der Waals surface area contributed by atoms with Crippen LogP contribution in [0, 0.1) is 10.1 Å². The molecule has 0 aliphatic heterocycles. The van der Waals surface area contributed by atoms with E-state index in [9.17, 15) is 14.9 Å². The van der Waals surface area contributed by atoms with E-state index in [1.165, 1.54) is 12.1 Å². The summed E-state index contributed by atoms with van der Waals surface area (Å²) in [5.41, 5.74) is 4.82. The molecule has 2 rings (SSSR count). The Labute approximate surface area is 136 Å². The van der Waals surface area contributed by atoms with Crippen molar-refractivity contribution in [2.75, 3.05) is 0 Å². The maximum Gasteiger partial charge on any atom is 0.312 e. The summed E-state index contributed by atoms with van der Waals surface area (Å²) in [7, 11) is 0. The van der Waals surface area contributed by atoms with Crippen LogP contribution in [-0.4, -0.2) is 10.8 Å². The molecule has 2 N–H and O–H groups in total. The zero-order valence-corrected chi connectivity index (χ0v) is 13.5. The lowest BCUT2D eigenvalue weighted by molar-refractivity contribution is -0.385. The maximum absolute atomic E-state index is 11.1. The molecular formula is C13H8Br2N2O4. The topological polar surface area (TPSA) is 95.5 Å². The first kappa shape index (κ1) is 15.5. The molecule has 8 heteroatoms. The summed E-state index contributed by atoms with van der Waals surface area (Å²) in [6.45, 7) is 0. The largest absolute Gasteiger partial charge is 0.449 e. The molecule has 0 atom stereocenters. The average Bonchev–Trinajstić information content (AvgIpc) is 2.41. The third-order valence-corrected chi connectivity index (χ3v) is 3.67. The number of hydrogen-bond acceptors (Lipinski definition) is 4. The van der Waals surface area contributed by atoms with Gasteiger partial charge in [-0.1, -0.05) is 15.9 Å². The fourth-order valence-corrected chi connectivity index (χ4v) is 2.70. The normalized spacial score (nSPS) is 10.2. The van der Waals surface area contributed by atoms with Crippen molar-refractivity contribution in [3.63, 3.8) is 0 Å². The lowest BCUT2D eigenvalue weighted by Gasteiger charge is -2.09. The van der Waals surface area contributed by atoms with Gasteiger partial charge in [-0.3, -0.25) is 14.9 Å². The van der Waals surface area contributed by atoms with E-state index in [0.29, 0.717) is 10.2 Å². The van der Waals surface area contributed by atoms with Gasteiger partial charge in [0.2, 0.25) is 11.7 Å². The van der Waals surface area contributed by atoms with E-state index in [1.807, 2.05) is 0 Å². The van der Waals surface area contributed by atoms with Gasteiger partial charge in [0.25, 0.3) is 0 Å². The monoisotopic (exact) mass is 414 g/mol. The summed E-state index contributed by atoms with van der Waals surface area (Å²) in [5.74, 6) is -0.310. The third-order valence-electron chi connectivity index (χ3n) is 2.55. The minimum absolute atomic E-state index is 0.0213. The molecule has 0 saturated heterocycles.